The van der Waals surface area contributed by atoms with E-state index in [1.54, 1.807) is 6.92 Å². The molecule has 0 saturated heterocycles. The minimum absolute atomic E-state index is 0.256. The molecule has 7 heteroatoms. The summed E-state index contributed by atoms with van der Waals surface area (Å²) in [6.07, 6.45) is 2.42. The monoisotopic (exact) mass is 585 g/mol. The van der Waals surface area contributed by atoms with Crippen LogP contribution in [0.1, 0.15) is 42.0 Å². The SMILES string of the molecule is CCOC(=O)CC(=O)Nc1cc(C)c(Oc2ccc(OCc3ccccc3)c(I)c2)c2c1CCC2. The van der Waals surface area contributed by atoms with Gasteiger partial charge in [-0.3, -0.25) is 9.59 Å². The van der Waals surface area contributed by atoms with Crippen molar-refractivity contribution in [2.45, 2.75) is 46.1 Å². The Kier molecular flexibility index (Phi) is 8.28. The van der Waals surface area contributed by atoms with Gasteiger partial charge in [0.05, 0.1) is 10.2 Å². The number of halogens is 1. The Morgan fingerprint density at radius 2 is 1.80 bits per heavy atom. The average Bonchev–Trinajstić information content (AvgIpc) is 3.32. The molecule has 0 bridgehead atoms. The van der Waals surface area contributed by atoms with Crippen molar-refractivity contribution in [2.75, 3.05) is 11.9 Å². The first-order chi connectivity index (χ1) is 16.9. The van der Waals surface area contributed by atoms with Crippen LogP contribution in [-0.2, 0) is 33.8 Å². The van der Waals surface area contributed by atoms with E-state index in [4.69, 9.17) is 14.2 Å². The van der Waals surface area contributed by atoms with Crippen LogP contribution in [0.4, 0.5) is 5.69 Å². The largest absolute Gasteiger partial charge is 0.488 e. The number of nitrogens with one attached hydrogen (secondary N) is 1. The lowest BCUT2D eigenvalue weighted by atomic mass is 10.0. The van der Waals surface area contributed by atoms with Crippen LogP contribution >= 0.6 is 22.6 Å². The highest BCUT2D eigenvalue weighted by Gasteiger charge is 2.24. The first kappa shape index (κ1) is 25.0. The van der Waals surface area contributed by atoms with Gasteiger partial charge in [-0.1, -0.05) is 30.3 Å². The molecule has 0 aliphatic heterocycles. The number of hydrogen-bond donors (Lipinski definition) is 1. The maximum Gasteiger partial charge on any atom is 0.315 e. The van der Waals surface area contributed by atoms with Crippen LogP contribution in [0.3, 0.4) is 0 Å². The van der Waals surface area contributed by atoms with E-state index < -0.39 is 5.97 Å². The average molecular weight is 585 g/mol. The van der Waals surface area contributed by atoms with Gasteiger partial charge in [-0.15, -0.1) is 0 Å². The van der Waals surface area contributed by atoms with E-state index in [0.717, 1.165) is 68.0 Å². The highest BCUT2D eigenvalue weighted by atomic mass is 127. The number of carbonyl (C=O) groups is 2. The first-order valence-electron chi connectivity index (χ1n) is 11.7. The number of rotatable bonds is 9. The Hall–Kier alpha value is -3.07. The number of ether oxygens (including phenoxy) is 3. The van der Waals surface area contributed by atoms with Gasteiger partial charge in [-0.25, -0.2) is 0 Å². The van der Waals surface area contributed by atoms with E-state index in [9.17, 15) is 9.59 Å². The number of hydrogen-bond acceptors (Lipinski definition) is 5. The number of anilines is 1. The van der Waals surface area contributed by atoms with E-state index >= 15 is 0 Å². The van der Waals surface area contributed by atoms with Gasteiger partial charge in [0, 0.05) is 11.3 Å². The molecular formula is C28H28INO5. The van der Waals surface area contributed by atoms with Crippen LogP contribution < -0.4 is 14.8 Å². The zero-order valence-corrected chi connectivity index (χ0v) is 22.0. The van der Waals surface area contributed by atoms with Gasteiger partial charge in [0.1, 0.15) is 30.3 Å². The minimum atomic E-state index is -0.524. The molecule has 1 aliphatic carbocycles. The van der Waals surface area contributed by atoms with Crippen molar-refractivity contribution in [3.05, 3.63) is 80.4 Å². The molecule has 35 heavy (non-hydrogen) atoms. The lowest BCUT2D eigenvalue weighted by Gasteiger charge is -2.18. The zero-order chi connectivity index (χ0) is 24.8. The maximum absolute atomic E-state index is 12.3. The zero-order valence-electron chi connectivity index (χ0n) is 19.9. The molecule has 0 fully saturated rings. The first-order valence-corrected chi connectivity index (χ1v) is 12.8. The fourth-order valence-electron chi connectivity index (χ4n) is 4.21. The normalized spacial score (nSPS) is 12.1. The summed E-state index contributed by atoms with van der Waals surface area (Å²) in [5, 5.41) is 2.89. The second kappa shape index (κ2) is 11.6. The highest BCUT2D eigenvalue weighted by Crippen LogP contribution is 2.41. The van der Waals surface area contributed by atoms with Gasteiger partial charge in [0.15, 0.2) is 0 Å². The third-order valence-corrected chi connectivity index (χ3v) is 6.62. The fourth-order valence-corrected chi connectivity index (χ4v) is 4.85. The minimum Gasteiger partial charge on any atom is -0.488 e. The summed E-state index contributed by atoms with van der Waals surface area (Å²) in [4.78, 5) is 24.0. The van der Waals surface area contributed by atoms with Crippen molar-refractivity contribution >= 4 is 40.2 Å². The standard InChI is InChI=1S/C28H28INO5/c1-3-33-27(32)16-26(31)30-24-14-18(2)28(22-11-7-10-21(22)24)35-20-12-13-25(23(29)15-20)34-17-19-8-5-4-6-9-19/h4-6,8-9,12-15H,3,7,10-11,16-17H2,1-2H3,(H,30,31). The third kappa shape index (κ3) is 6.33. The fraction of sp³-hybridized carbons (Fsp3) is 0.286. The molecule has 182 valence electrons. The van der Waals surface area contributed by atoms with E-state index in [-0.39, 0.29) is 18.9 Å². The molecule has 6 nitrogen and oxygen atoms in total. The van der Waals surface area contributed by atoms with Crippen LogP contribution in [0.25, 0.3) is 0 Å². The summed E-state index contributed by atoms with van der Waals surface area (Å²) in [5.41, 5.74) is 4.97. The molecule has 3 aromatic rings. The Balaban J connectivity index is 1.48. The molecule has 0 saturated carbocycles. The van der Waals surface area contributed by atoms with Gasteiger partial charge < -0.3 is 19.5 Å². The lowest BCUT2D eigenvalue weighted by Crippen LogP contribution is -2.19. The number of amides is 1. The van der Waals surface area contributed by atoms with Crippen LogP contribution in [0.5, 0.6) is 17.2 Å². The maximum atomic E-state index is 12.3. The van der Waals surface area contributed by atoms with Crippen molar-refractivity contribution in [1.82, 2.24) is 0 Å². The molecular weight excluding hydrogens is 557 g/mol. The van der Waals surface area contributed by atoms with Gasteiger partial charge >= 0.3 is 5.97 Å². The topological polar surface area (TPSA) is 73.9 Å². The molecule has 3 aromatic carbocycles. The van der Waals surface area contributed by atoms with Crippen molar-refractivity contribution in [1.29, 1.82) is 0 Å². The molecule has 0 atom stereocenters. The molecule has 0 radical (unpaired) electrons. The Labute approximate surface area is 219 Å². The Morgan fingerprint density at radius 1 is 1.03 bits per heavy atom. The third-order valence-electron chi connectivity index (χ3n) is 5.78. The summed E-state index contributed by atoms with van der Waals surface area (Å²) >= 11 is 2.26. The molecule has 4 rings (SSSR count). The molecule has 1 aliphatic rings. The van der Waals surface area contributed by atoms with Gasteiger partial charge in [-0.2, -0.15) is 0 Å². The van der Waals surface area contributed by atoms with Gasteiger partial charge in [0.25, 0.3) is 0 Å². The number of benzene rings is 3. The van der Waals surface area contributed by atoms with Gasteiger partial charge in [0.2, 0.25) is 5.91 Å². The predicted octanol–water partition coefficient (Wildman–Crippen LogP) is 6.35. The van der Waals surface area contributed by atoms with Crippen molar-refractivity contribution < 1.29 is 23.8 Å². The van der Waals surface area contributed by atoms with Crippen LogP contribution in [-0.4, -0.2) is 18.5 Å². The Morgan fingerprint density at radius 3 is 2.54 bits per heavy atom. The second-order valence-corrected chi connectivity index (χ2v) is 9.54. The number of aryl methyl sites for hydroxylation is 1. The van der Waals surface area contributed by atoms with Crippen molar-refractivity contribution in [2.24, 2.45) is 0 Å². The molecule has 0 spiro atoms. The van der Waals surface area contributed by atoms with Crippen LogP contribution in [0, 0.1) is 10.5 Å². The van der Waals surface area contributed by atoms with E-state index in [1.807, 2.05) is 61.5 Å². The summed E-state index contributed by atoms with van der Waals surface area (Å²) in [7, 11) is 0. The molecule has 1 amide bonds. The van der Waals surface area contributed by atoms with Crippen molar-refractivity contribution in [3.63, 3.8) is 0 Å². The summed E-state index contributed by atoms with van der Waals surface area (Å²) in [5.74, 6) is 1.48. The Bertz CT molecular complexity index is 1230. The van der Waals surface area contributed by atoms with Crippen LogP contribution in [0.15, 0.2) is 54.6 Å². The quantitative estimate of drug-likeness (QED) is 0.180. The van der Waals surface area contributed by atoms with Gasteiger partial charge in [-0.05, 0) is 96.7 Å². The van der Waals surface area contributed by atoms with Crippen LogP contribution in [0.2, 0.25) is 0 Å². The van der Waals surface area contributed by atoms with E-state index in [0.29, 0.717) is 6.61 Å². The highest BCUT2D eigenvalue weighted by molar-refractivity contribution is 14.1. The van der Waals surface area contributed by atoms with Crippen molar-refractivity contribution in [3.8, 4) is 17.2 Å². The molecule has 0 heterocycles. The second-order valence-electron chi connectivity index (χ2n) is 8.38. The molecule has 0 unspecified atom stereocenters. The number of fused-ring (bicyclic) bond motifs is 1. The smallest absolute Gasteiger partial charge is 0.315 e. The summed E-state index contributed by atoms with van der Waals surface area (Å²) < 4.78 is 18.2. The van der Waals surface area contributed by atoms with E-state index in [2.05, 4.69) is 27.9 Å². The molecule has 0 aromatic heterocycles. The predicted molar refractivity (Wildman–Crippen MR) is 143 cm³/mol. The summed E-state index contributed by atoms with van der Waals surface area (Å²) in [6.45, 7) is 4.45. The number of carbonyl (C=O) groups excluding carboxylic acids is 2. The number of esters is 1. The van der Waals surface area contributed by atoms with E-state index in [1.165, 1.54) is 0 Å². The molecule has 1 N–H and O–H groups in total. The summed E-state index contributed by atoms with van der Waals surface area (Å²) in [6, 6.07) is 17.8. The lowest BCUT2D eigenvalue weighted by molar-refractivity contribution is -0.145.